The highest BCUT2D eigenvalue weighted by atomic mass is 16.4. The lowest BCUT2D eigenvalue weighted by molar-refractivity contribution is -0.119. The summed E-state index contributed by atoms with van der Waals surface area (Å²) in [5.41, 5.74) is 12.4. The van der Waals surface area contributed by atoms with Gasteiger partial charge in [-0.1, -0.05) is 36.4 Å². The molecule has 1 aromatic heterocycles. The van der Waals surface area contributed by atoms with E-state index in [9.17, 15) is 19.2 Å². The van der Waals surface area contributed by atoms with Gasteiger partial charge in [-0.3, -0.25) is 9.59 Å². The highest BCUT2D eigenvalue weighted by molar-refractivity contribution is 5.97. The second-order valence-corrected chi connectivity index (χ2v) is 6.68. The Labute approximate surface area is 199 Å². The average Bonchev–Trinajstić information content (AvgIpc) is 3.27. The Balaban J connectivity index is 0.000000841. The summed E-state index contributed by atoms with van der Waals surface area (Å²) >= 11 is 0. The number of H-pyrrole nitrogens is 1. The molecule has 0 aliphatic carbocycles. The predicted octanol–water partition coefficient (Wildman–Crippen LogP) is 2.00. The fourth-order valence-electron chi connectivity index (χ4n) is 2.71. The van der Waals surface area contributed by atoms with Crippen LogP contribution < -0.4 is 16.8 Å². The van der Waals surface area contributed by atoms with Gasteiger partial charge in [0.05, 0.1) is 0 Å². The smallest absolute Gasteiger partial charge is 0.251 e. The number of benzene rings is 2. The van der Waals surface area contributed by atoms with E-state index >= 15 is 0 Å². The first-order valence-electron chi connectivity index (χ1n) is 10.5. The summed E-state index contributed by atoms with van der Waals surface area (Å²) in [6, 6.07) is 15.8. The number of carbonyl (C=O) groups excluding carboxylic acids is 4. The third-order valence-corrected chi connectivity index (χ3v) is 4.19. The molecule has 1 atom stereocenters. The summed E-state index contributed by atoms with van der Waals surface area (Å²) in [6.45, 7) is 0. The van der Waals surface area contributed by atoms with Crippen molar-refractivity contribution in [2.24, 2.45) is 11.5 Å². The molecular weight excluding hydrogens is 436 g/mol. The van der Waals surface area contributed by atoms with Gasteiger partial charge in [0.25, 0.3) is 5.91 Å². The Morgan fingerprint density at radius 2 is 1.50 bits per heavy atom. The number of hydrogen-bond acceptors (Lipinski definition) is 6. The van der Waals surface area contributed by atoms with Crippen molar-refractivity contribution in [1.82, 2.24) is 10.3 Å². The van der Waals surface area contributed by atoms with E-state index in [1.165, 1.54) is 7.05 Å². The molecule has 9 nitrogen and oxygen atoms in total. The number of rotatable bonds is 8. The molecular formula is C25H34N4O5. The minimum absolute atomic E-state index is 0.311. The second-order valence-electron chi connectivity index (χ2n) is 6.68. The van der Waals surface area contributed by atoms with Gasteiger partial charge in [-0.25, -0.2) is 0 Å². The number of primary amides is 1. The summed E-state index contributed by atoms with van der Waals surface area (Å²) in [4.78, 5) is 45.9. The zero-order valence-corrected chi connectivity index (χ0v) is 19.8. The molecule has 184 valence electrons. The van der Waals surface area contributed by atoms with Gasteiger partial charge in [-0.2, -0.15) is 0 Å². The molecule has 0 aliphatic heterocycles. The lowest BCUT2D eigenvalue weighted by Crippen LogP contribution is -2.45. The SMILES string of the molecule is CN.COC.NC(=O)C(Cc1c[nH]c2ccccc12)NC(=O)c1ccccc1.O=CCCC=O. The van der Waals surface area contributed by atoms with Crippen LogP contribution >= 0.6 is 0 Å². The van der Waals surface area contributed by atoms with Crippen LogP contribution in [0.4, 0.5) is 0 Å². The molecule has 3 rings (SSSR count). The number of ether oxygens (including phenoxy) is 1. The Kier molecular flexibility index (Phi) is 16.6. The molecule has 34 heavy (non-hydrogen) atoms. The molecule has 0 bridgehead atoms. The number of methoxy groups -OCH3 is 1. The van der Waals surface area contributed by atoms with Crippen molar-refractivity contribution in [3.05, 3.63) is 71.9 Å². The molecule has 0 saturated carbocycles. The van der Waals surface area contributed by atoms with Crippen LogP contribution in [0, 0.1) is 0 Å². The highest BCUT2D eigenvalue weighted by Gasteiger charge is 2.20. The lowest BCUT2D eigenvalue weighted by atomic mass is 10.0. The molecule has 0 aliphatic rings. The molecule has 3 aromatic rings. The lowest BCUT2D eigenvalue weighted by Gasteiger charge is -2.15. The molecule has 1 heterocycles. The number of nitrogens with two attached hydrogens (primary N) is 2. The normalized spacial score (nSPS) is 10.1. The van der Waals surface area contributed by atoms with Crippen LogP contribution in [0.3, 0.4) is 0 Å². The van der Waals surface area contributed by atoms with Crippen molar-refractivity contribution in [1.29, 1.82) is 0 Å². The predicted molar refractivity (Wildman–Crippen MR) is 133 cm³/mol. The minimum Gasteiger partial charge on any atom is -0.388 e. The fourth-order valence-corrected chi connectivity index (χ4v) is 2.71. The standard InChI is InChI=1S/C18H17N3O2.C4H6O2.C2H6O.CH5N/c19-17(22)16(21-18(23)12-6-2-1-3-7-12)10-13-11-20-15-9-5-4-8-14(13)15;5-3-1-2-4-6;1-3-2;1-2/h1-9,11,16,20H,10H2,(H2,19,22)(H,21,23);3-4H,1-2H2;1-2H3;2H2,1H3. The maximum atomic E-state index is 12.2. The Morgan fingerprint density at radius 3 is 2.03 bits per heavy atom. The van der Waals surface area contributed by atoms with Crippen LogP contribution in [0.2, 0.25) is 0 Å². The molecule has 0 spiro atoms. The topological polar surface area (TPSA) is 157 Å². The van der Waals surface area contributed by atoms with Crippen LogP contribution in [-0.2, 0) is 25.5 Å². The number of aromatic nitrogens is 1. The van der Waals surface area contributed by atoms with E-state index in [-0.39, 0.29) is 5.91 Å². The van der Waals surface area contributed by atoms with Crippen molar-refractivity contribution in [3.8, 4) is 0 Å². The Bertz CT molecular complexity index is 981. The maximum Gasteiger partial charge on any atom is 0.251 e. The monoisotopic (exact) mass is 470 g/mol. The van der Waals surface area contributed by atoms with Crippen LogP contribution in [0.25, 0.3) is 10.9 Å². The molecule has 6 N–H and O–H groups in total. The molecule has 1 unspecified atom stereocenters. The van der Waals surface area contributed by atoms with E-state index in [1.807, 2.05) is 36.5 Å². The second kappa shape index (κ2) is 18.7. The number of nitrogens with one attached hydrogen (secondary N) is 2. The number of aldehydes is 2. The van der Waals surface area contributed by atoms with Gasteiger partial charge in [0.15, 0.2) is 0 Å². The van der Waals surface area contributed by atoms with Gasteiger partial charge < -0.3 is 36.1 Å². The number of unbranched alkanes of at least 4 members (excludes halogenated alkanes) is 1. The van der Waals surface area contributed by atoms with Gasteiger partial charge in [0, 0.05) is 56.1 Å². The first kappa shape index (κ1) is 30.2. The summed E-state index contributed by atoms with van der Waals surface area (Å²) in [7, 11) is 4.75. The van der Waals surface area contributed by atoms with E-state index < -0.39 is 11.9 Å². The van der Waals surface area contributed by atoms with E-state index in [1.54, 1.807) is 38.5 Å². The molecule has 0 saturated heterocycles. The van der Waals surface area contributed by atoms with E-state index in [4.69, 9.17) is 5.73 Å². The third kappa shape index (κ3) is 11.2. The zero-order chi connectivity index (χ0) is 25.8. The van der Waals surface area contributed by atoms with E-state index in [0.29, 0.717) is 24.8 Å². The summed E-state index contributed by atoms with van der Waals surface area (Å²) in [5, 5.41) is 3.73. The Hall–Kier alpha value is -3.82. The van der Waals surface area contributed by atoms with Crippen molar-refractivity contribution < 1.29 is 23.9 Å². The van der Waals surface area contributed by atoms with Gasteiger partial charge in [-0.05, 0) is 30.8 Å². The molecule has 0 fully saturated rings. The van der Waals surface area contributed by atoms with Gasteiger partial charge >= 0.3 is 0 Å². The third-order valence-electron chi connectivity index (χ3n) is 4.19. The quantitative estimate of drug-likeness (QED) is 0.291. The van der Waals surface area contributed by atoms with Gasteiger partial charge in [-0.15, -0.1) is 0 Å². The summed E-state index contributed by atoms with van der Waals surface area (Å²) < 4.78 is 4.25. The first-order chi connectivity index (χ1) is 16.5. The average molecular weight is 471 g/mol. The number of fused-ring (bicyclic) bond motifs is 1. The number of amides is 2. The summed E-state index contributed by atoms with van der Waals surface area (Å²) in [5.74, 6) is -0.867. The van der Waals surface area contributed by atoms with E-state index in [0.717, 1.165) is 29.0 Å². The van der Waals surface area contributed by atoms with Crippen molar-refractivity contribution in [2.45, 2.75) is 25.3 Å². The first-order valence-corrected chi connectivity index (χ1v) is 10.5. The molecule has 0 radical (unpaired) electrons. The minimum atomic E-state index is -0.762. The van der Waals surface area contributed by atoms with Crippen LogP contribution in [-0.4, -0.2) is 56.7 Å². The van der Waals surface area contributed by atoms with Crippen molar-refractivity contribution in [2.75, 3.05) is 21.3 Å². The number of hydrogen-bond donors (Lipinski definition) is 4. The molecule has 2 aromatic carbocycles. The summed E-state index contributed by atoms with van der Waals surface area (Å²) in [6.07, 6.45) is 4.38. The maximum absolute atomic E-state index is 12.2. The van der Waals surface area contributed by atoms with Crippen LogP contribution in [0.5, 0.6) is 0 Å². The van der Waals surface area contributed by atoms with Gasteiger partial charge in [0.1, 0.15) is 18.6 Å². The van der Waals surface area contributed by atoms with Crippen molar-refractivity contribution in [3.63, 3.8) is 0 Å². The largest absolute Gasteiger partial charge is 0.388 e. The zero-order valence-electron chi connectivity index (χ0n) is 19.8. The number of para-hydroxylation sites is 1. The highest BCUT2D eigenvalue weighted by Crippen LogP contribution is 2.19. The number of aromatic amines is 1. The number of carbonyl (C=O) groups is 4. The Morgan fingerprint density at radius 1 is 0.971 bits per heavy atom. The van der Waals surface area contributed by atoms with Crippen LogP contribution in [0.1, 0.15) is 28.8 Å². The van der Waals surface area contributed by atoms with Crippen molar-refractivity contribution >= 4 is 35.3 Å². The molecule has 2 amide bonds. The van der Waals surface area contributed by atoms with Gasteiger partial charge in [0.2, 0.25) is 5.91 Å². The fraction of sp³-hybridized carbons (Fsp3) is 0.280. The molecule has 9 heteroatoms. The van der Waals surface area contributed by atoms with E-state index in [2.05, 4.69) is 20.8 Å². The van der Waals surface area contributed by atoms with Crippen LogP contribution in [0.15, 0.2) is 60.8 Å².